The van der Waals surface area contributed by atoms with Gasteiger partial charge in [-0.25, -0.2) is 4.79 Å². The first-order valence-electron chi connectivity index (χ1n) is 5.30. The maximum Gasteiger partial charge on any atom is 0.490 e. The van der Waals surface area contributed by atoms with E-state index in [1.165, 1.54) is 18.7 Å². The molecule has 8 heteroatoms. The number of hydrogen-bond donors (Lipinski definition) is 1. The number of alkyl halides is 3. The van der Waals surface area contributed by atoms with Gasteiger partial charge in [0.25, 0.3) is 5.91 Å². The Bertz CT molecular complexity index is 348. The Kier molecular flexibility index (Phi) is 3.89. The summed E-state index contributed by atoms with van der Waals surface area (Å²) in [4.78, 5) is 23.4. The highest BCUT2D eigenvalue weighted by molar-refractivity contribution is 5.86. The molecular formula is C10H14F3NO4. The molecule has 104 valence electrons. The second-order valence-electron chi connectivity index (χ2n) is 4.75. The highest BCUT2D eigenvalue weighted by Crippen LogP contribution is 2.22. The van der Waals surface area contributed by atoms with E-state index >= 15 is 0 Å². The second kappa shape index (κ2) is 4.75. The van der Waals surface area contributed by atoms with Gasteiger partial charge in [-0.05, 0) is 13.8 Å². The fourth-order valence-electron chi connectivity index (χ4n) is 1.64. The molecule has 1 heterocycles. The molecule has 0 aliphatic carbocycles. The summed E-state index contributed by atoms with van der Waals surface area (Å²) in [7, 11) is 0. The van der Waals surface area contributed by atoms with Crippen molar-refractivity contribution < 1.29 is 32.6 Å². The topological polar surface area (TPSA) is 66.8 Å². The Morgan fingerprint density at radius 3 is 2.50 bits per heavy atom. The number of rotatable bonds is 3. The van der Waals surface area contributed by atoms with Gasteiger partial charge in [-0.15, -0.1) is 0 Å². The van der Waals surface area contributed by atoms with Crippen molar-refractivity contribution in [3.8, 4) is 0 Å². The van der Waals surface area contributed by atoms with Crippen LogP contribution in [0.1, 0.15) is 20.3 Å². The number of likely N-dealkylation sites (tertiary alicyclic amines) is 1. The van der Waals surface area contributed by atoms with Crippen LogP contribution in [0.5, 0.6) is 0 Å². The predicted octanol–water partition coefficient (Wildman–Crippen LogP) is 0.464. The maximum absolute atomic E-state index is 12.0. The Morgan fingerprint density at radius 1 is 1.50 bits per heavy atom. The molecular weight excluding hydrogens is 255 g/mol. The van der Waals surface area contributed by atoms with Gasteiger partial charge in [0.15, 0.2) is 6.10 Å². The lowest BCUT2D eigenvalue weighted by atomic mass is 10.1. The molecule has 0 aromatic heterocycles. The van der Waals surface area contributed by atoms with Crippen LogP contribution in [0.25, 0.3) is 0 Å². The first-order chi connectivity index (χ1) is 8.00. The van der Waals surface area contributed by atoms with Crippen LogP contribution in [0, 0.1) is 0 Å². The normalized spacial score (nSPS) is 21.3. The first kappa shape index (κ1) is 14.7. The molecule has 0 radical (unpaired) electrons. The summed E-state index contributed by atoms with van der Waals surface area (Å²) < 4.78 is 40.0. The molecule has 0 aromatic rings. The molecule has 0 bridgehead atoms. The van der Waals surface area contributed by atoms with E-state index in [1.807, 2.05) is 0 Å². The minimum atomic E-state index is -5.11. The quantitative estimate of drug-likeness (QED) is 0.756. The zero-order valence-electron chi connectivity index (χ0n) is 9.95. The molecule has 1 N–H and O–H groups in total. The van der Waals surface area contributed by atoms with Gasteiger partial charge in [-0.2, -0.15) is 13.2 Å². The van der Waals surface area contributed by atoms with Crippen molar-refractivity contribution in [3.05, 3.63) is 0 Å². The van der Waals surface area contributed by atoms with Crippen LogP contribution >= 0.6 is 0 Å². The Balaban J connectivity index is 2.58. The Morgan fingerprint density at radius 2 is 2.06 bits per heavy atom. The van der Waals surface area contributed by atoms with Gasteiger partial charge < -0.3 is 14.7 Å². The molecule has 1 atom stereocenters. The highest BCUT2D eigenvalue weighted by Gasteiger charge is 2.45. The predicted molar refractivity (Wildman–Crippen MR) is 53.4 cm³/mol. The number of ether oxygens (including phenoxy) is 1. The summed E-state index contributed by atoms with van der Waals surface area (Å²) in [6.45, 7) is 3.06. The molecule has 1 aliphatic rings. The van der Waals surface area contributed by atoms with Crippen molar-refractivity contribution >= 4 is 11.9 Å². The number of carbonyl (C=O) groups is 2. The summed E-state index contributed by atoms with van der Waals surface area (Å²) >= 11 is 0. The van der Waals surface area contributed by atoms with Gasteiger partial charge in [0, 0.05) is 19.5 Å². The summed E-state index contributed by atoms with van der Waals surface area (Å²) in [5, 5.41) is 9.51. The lowest BCUT2D eigenvalue weighted by Gasteiger charge is -2.25. The largest absolute Gasteiger partial charge is 0.490 e. The molecule has 1 fully saturated rings. The van der Waals surface area contributed by atoms with E-state index in [9.17, 15) is 27.9 Å². The second-order valence-corrected chi connectivity index (χ2v) is 4.75. The van der Waals surface area contributed by atoms with Crippen LogP contribution in [0.4, 0.5) is 13.2 Å². The average Bonchev–Trinajstić information content (AvgIpc) is 2.46. The van der Waals surface area contributed by atoms with E-state index in [4.69, 9.17) is 0 Å². The van der Waals surface area contributed by atoms with E-state index in [2.05, 4.69) is 4.74 Å². The lowest BCUT2D eigenvalue weighted by Crippen LogP contribution is -2.42. The van der Waals surface area contributed by atoms with Gasteiger partial charge in [-0.1, -0.05) is 0 Å². The van der Waals surface area contributed by atoms with Gasteiger partial charge in [0.1, 0.15) is 0 Å². The number of esters is 1. The molecule has 0 spiro atoms. The molecule has 1 rings (SSSR count). The number of amides is 1. The molecule has 5 nitrogen and oxygen atoms in total. The number of aliphatic hydroxyl groups is 1. The van der Waals surface area contributed by atoms with Crippen LogP contribution < -0.4 is 0 Å². The standard InChI is InChI=1S/C10H14F3NO4/c1-9(2,17)5-14-4-3-6(7(14)15)18-8(16)10(11,12)13/h6,17H,3-5H2,1-2H3. The van der Waals surface area contributed by atoms with Crippen LogP contribution in [-0.4, -0.2) is 52.9 Å². The summed E-state index contributed by atoms with van der Waals surface area (Å²) in [6.07, 6.45) is -6.53. The number of β-amino-alcohol motifs (C(OH)–C–C–N with tert-alkyl or cyclic N) is 1. The average molecular weight is 269 g/mol. The third-order valence-corrected chi connectivity index (χ3v) is 2.31. The van der Waals surface area contributed by atoms with E-state index in [-0.39, 0.29) is 19.5 Å². The molecule has 1 unspecified atom stereocenters. The zero-order valence-corrected chi connectivity index (χ0v) is 9.95. The van der Waals surface area contributed by atoms with Gasteiger partial charge in [-0.3, -0.25) is 4.79 Å². The number of carbonyl (C=O) groups excluding carboxylic acids is 2. The fraction of sp³-hybridized carbons (Fsp3) is 0.800. The summed E-state index contributed by atoms with van der Waals surface area (Å²) in [5.41, 5.74) is -1.15. The van der Waals surface area contributed by atoms with Crippen LogP contribution in [0.3, 0.4) is 0 Å². The zero-order chi connectivity index (χ0) is 14.1. The first-order valence-corrected chi connectivity index (χ1v) is 5.30. The van der Waals surface area contributed by atoms with Gasteiger partial charge >= 0.3 is 12.1 Å². The maximum atomic E-state index is 12.0. The molecule has 0 aromatic carbocycles. The fourth-order valence-corrected chi connectivity index (χ4v) is 1.64. The molecule has 1 amide bonds. The van der Waals surface area contributed by atoms with Crippen molar-refractivity contribution in [1.82, 2.24) is 4.90 Å². The molecule has 18 heavy (non-hydrogen) atoms. The minimum Gasteiger partial charge on any atom is -0.446 e. The highest BCUT2D eigenvalue weighted by atomic mass is 19.4. The number of hydrogen-bond acceptors (Lipinski definition) is 4. The van der Waals surface area contributed by atoms with Crippen molar-refractivity contribution in [3.63, 3.8) is 0 Å². The van der Waals surface area contributed by atoms with Crippen molar-refractivity contribution in [1.29, 1.82) is 0 Å². The lowest BCUT2D eigenvalue weighted by molar-refractivity contribution is -0.205. The van der Waals surface area contributed by atoms with Crippen molar-refractivity contribution in [2.24, 2.45) is 0 Å². The molecule has 0 saturated carbocycles. The van der Waals surface area contributed by atoms with Gasteiger partial charge in [0.05, 0.1) is 5.60 Å². The smallest absolute Gasteiger partial charge is 0.446 e. The monoisotopic (exact) mass is 269 g/mol. The van der Waals surface area contributed by atoms with E-state index < -0.39 is 29.8 Å². The summed E-state index contributed by atoms with van der Waals surface area (Å²) in [6, 6.07) is 0. The Hall–Kier alpha value is -1.31. The van der Waals surface area contributed by atoms with E-state index in [0.717, 1.165) is 0 Å². The van der Waals surface area contributed by atoms with Gasteiger partial charge in [0.2, 0.25) is 0 Å². The van der Waals surface area contributed by atoms with Crippen molar-refractivity contribution in [2.45, 2.75) is 38.1 Å². The number of nitrogens with zero attached hydrogens (tertiary/aromatic N) is 1. The minimum absolute atomic E-state index is 0.00324. The van der Waals surface area contributed by atoms with Crippen LogP contribution in [-0.2, 0) is 14.3 Å². The SMILES string of the molecule is CC(C)(O)CN1CCC(OC(=O)C(F)(F)F)C1=O. The van der Waals surface area contributed by atoms with E-state index in [0.29, 0.717) is 0 Å². The molecule has 1 saturated heterocycles. The van der Waals surface area contributed by atoms with Crippen LogP contribution in [0.2, 0.25) is 0 Å². The van der Waals surface area contributed by atoms with E-state index in [1.54, 1.807) is 0 Å². The number of halogens is 3. The third-order valence-electron chi connectivity index (χ3n) is 2.31. The molecule has 1 aliphatic heterocycles. The Labute approximate surface area is 102 Å². The van der Waals surface area contributed by atoms with Crippen LogP contribution in [0.15, 0.2) is 0 Å². The van der Waals surface area contributed by atoms with Crippen molar-refractivity contribution in [2.75, 3.05) is 13.1 Å². The third kappa shape index (κ3) is 3.86. The summed E-state index contributed by atoms with van der Waals surface area (Å²) in [5.74, 6) is -3.08.